The average Bonchev–Trinajstić information content (AvgIpc) is 2.36. The largest absolute Gasteiger partial charge is 0.480 e. The number of carboxylic acid groups (broad SMARTS) is 1. The van der Waals surface area contributed by atoms with Gasteiger partial charge in [0.15, 0.2) is 0 Å². The Hall–Kier alpha value is -2.57. The van der Waals surface area contributed by atoms with Crippen LogP contribution in [0.15, 0.2) is 18.2 Å². The van der Waals surface area contributed by atoms with Crippen molar-refractivity contribution >= 4 is 23.5 Å². The summed E-state index contributed by atoms with van der Waals surface area (Å²) in [5, 5.41) is 11.3. The van der Waals surface area contributed by atoms with Gasteiger partial charge in [-0.25, -0.2) is 4.79 Å². The molecule has 0 aromatic heterocycles. The molecule has 108 valence electrons. The highest BCUT2D eigenvalue weighted by molar-refractivity contribution is 5.97. The minimum Gasteiger partial charge on any atom is -0.480 e. The molecule has 6 N–H and O–H groups in total. The summed E-state index contributed by atoms with van der Waals surface area (Å²) in [7, 11) is 0. The summed E-state index contributed by atoms with van der Waals surface area (Å²) in [5.41, 5.74) is 12.2. The number of amides is 2. The van der Waals surface area contributed by atoms with Crippen molar-refractivity contribution in [2.75, 3.05) is 5.73 Å². The van der Waals surface area contributed by atoms with Crippen LogP contribution in [0.2, 0.25) is 0 Å². The molecule has 1 aromatic rings. The van der Waals surface area contributed by atoms with Crippen LogP contribution < -0.4 is 16.8 Å². The topological polar surface area (TPSA) is 136 Å². The van der Waals surface area contributed by atoms with Crippen molar-refractivity contribution in [2.45, 2.75) is 25.8 Å². The fraction of sp³-hybridized carbons (Fsp3) is 0.308. The molecule has 0 aliphatic rings. The number of hydrogen-bond donors (Lipinski definition) is 4. The third-order valence-electron chi connectivity index (χ3n) is 2.82. The van der Waals surface area contributed by atoms with Crippen molar-refractivity contribution in [3.8, 4) is 0 Å². The fourth-order valence-corrected chi connectivity index (χ4v) is 1.57. The Balaban J connectivity index is 2.77. The molecule has 0 saturated carbocycles. The smallest absolute Gasteiger partial charge is 0.326 e. The van der Waals surface area contributed by atoms with Gasteiger partial charge in [0.2, 0.25) is 5.91 Å². The zero-order valence-electron chi connectivity index (χ0n) is 11.1. The van der Waals surface area contributed by atoms with E-state index in [9.17, 15) is 14.4 Å². The first kappa shape index (κ1) is 15.5. The molecule has 0 spiro atoms. The van der Waals surface area contributed by atoms with E-state index in [1.807, 2.05) is 0 Å². The summed E-state index contributed by atoms with van der Waals surface area (Å²) in [6, 6.07) is 3.52. The summed E-state index contributed by atoms with van der Waals surface area (Å²) < 4.78 is 0. The molecule has 0 bridgehead atoms. The minimum absolute atomic E-state index is 0.0578. The van der Waals surface area contributed by atoms with Gasteiger partial charge in [0.25, 0.3) is 5.91 Å². The zero-order chi connectivity index (χ0) is 15.3. The van der Waals surface area contributed by atoms with Gasteiger partial charge in [0.1, 0.15) is 6.04 Å². The number of carboxylic acids is 1. The lowest BCUT2D eigenvalue weighted by Crippen LogP contribution is -2.41. The van der Waals surface area contributed by atoms with E-state index in [4.69, 9.17) is 16.6 Å². The highest BCUT2D eigenvalue weighted by atomic mass is 16.4. The number of primary amides is 1. The molecule has 1 aromatic carbocycles. The van der Waals surface area contributed by atoms with E-state index in [1.54, 1.807) is 19.1 Å². The maximum atomic E-state index is 11.9. The number of aryl methyl sites for hydroxylation is 1. The van der Waals surface area contributed by atoms with Gasteiger partial charge in [-0.2, -0.15) is 0 Å². The summed E-state index contributed by atoms with van der Waals surface area (Å²) in [4.78, 5) is 33.6. The lowest BCUT2D eigenvalue weighted by atomic mass is 10.1. The number of nitrogens with one attached hydrogen (secondary N) is 1. The molecule has 7 nitrogen and oxygen atoms in total. The van der Waals surface area contributed by atoms with Gasteiger partial charge in [-0.3, -0.25) is 9.59 Å². The number of anilines is 1. The van der Waals surface area contributed by atoms with Crippen molar-refractivity contribution in [1.29, 1.82) is 0 Å². The van der Waals surface area contributed by atoms with Crippen molar-refractivity contribution in [2.24, 2.45) is 5.73 Å². The number of benzene rings is 1. The molecule has 0 unspecified atom stereocenters. The number of nitrogens with two attached hydrogens (primary N) is 2. The molecule has 0 fully saturated rings. The third kappa shape index (κ3) is 4.27. The Morgan fingerprint density at radius 3 is 2.50 bits per heavy atom. The van der Waals surface area contributed by atoms with Crippen LogP contribution in [0.5, 0.6) is 0 Å². The Kier molecular flexibility index (Phi) is 5.08. The first-order chi connectivity index (χ1) is 9.31. The highest BCUT2D eigenvalue weighted by Crippen LogP contribution is 2.13. The second kappa shape index (κ2) is 6.55. The molecular formula is C13H17N3O4. The van der Waals surface area contributed by atoms with Crippen molar-refractivity contribution < 1.29 is 19.5 Å². The van der Waals surface area contributed by atoms with Gasteiger partial charge in [-0.15, -0.1) is 0 Å². The standard InChI is InChI=1S/C13H17N3O4/c1-7-2-3-8(6-9(7)14)12(18)16-10(13(19)20)4-5-11(15)17/h2-3,6,10H,4-5,14H2,1H3,(H2,15,17)(H,16,18)(H,19,20)/t10-/m1/s1. The van der Waals surface area contributed by atoms with E-state index in [0.29, 0.717) is 5.69 Å². The van der Waals surface area contributed by atoms with E-state index in [2.05, 4.69) is 5.32 Å². The second-order valence-electron chi connectivity index (χ2n) is 4.44. The predicted molar refractivity (Wildman–Crippen MR) is 72.9 cm³/mol. The van der Waals surface area contributed by atoms with Crippen LogP contribution in [0.1, 0.15) is 28.8 Å². The highest BCUT2D eigenvalue weighted by Gasteiger charge is 2.21. The third-order valence-corrected chi connectivity index (χ3v) is 2.82. The van der Waals surface area contributed by atoms with Crippen LogP contribution in [0.25, 0.3) is 0 Å². The van der Waals surface area contributed by atoms with Crippen LogP contribution in [0.3, 0.4) is 0 Å². The normalized spacial score (nSPS) is 11.7. The second-order valence-corrected chi connectivity index (χ2v) is 4.44. The molecule has 0 aliphatic heterocycles. The number of aliphatic carboxylic acids is 1. The van der Waals surface area contributed by atoms with E-state index >= 15 is 0 Å². The van der Waals surface area contributed by atoms with Crippen LogP contribution in [-0.2, 0) is 9.59 Å². The maximum absolute atomic E-state index is 11.9. The SMILES string of the molecule is Cc1ccc(C(=O)N[C@H](CCC(N)=O)C(=O)O)cc1N. The molecule has 2 amide bonds. The summed E-state index contributed by atoms with van der Waals surface area (Å²) in [6.45, 7) is 1.80. The van der Waals surface area contributed by atoms with E-state index in [1.165, 1.54) is 6.07 Å². The fourth-order valence-electron chi connectivity index (χ4n) is 1.57. The first-order valence-electron chi connectivity index (χ1n) is 5.99. The van der Waals surface area contributed by atoms with Gasteiger partial charge in [0, 0.05) is 17.7 Å². The van der Waals surface area contributed by atoms with Crippen LogP contribution in [0, 0.1) is 6.92 Å². The average molecular weight is 279 g/mol. The number of nitrogen functional groups attached to an aromatic ring is 1. The van der Waals surface area contributed by atoms with Crippen LogP contribution in [0.4, 0.5) is 5.69 Å². The van der Waals surface area contributed by atoms with Crippen molar-refractivity contribution in [3.05, 3.63) is 29.3 Å². The van der Waals surface area contributed by atoms with Gasteiger partial charge in [-0.1, -0.05) is 6.07 Å². The molecule has 1 rings (SSSR count). The Morgan fingerprint density at radius 2 is 2.00 bits per heavy atom. The monoisotopic (exact) mass is 279 g/mol. The summed E-state index contributed by atoms with van der Waals surface area (Å²) >= 11 is 0. The Morgan fingerprint density at radius 1 is 1.35 bits per heavy atom. The van der Waals surface area contributed by atoms with Crippen LogP contribution >= 0.6 is 0 Å². The van der Waals surface area contributed by atoms with Gasteiger partial charge < -0.3 is 21.9 Å². The predicted octanol–water partition coefficient (Wildman–Crippen LogP) is 0.0257. The van der Waals surface area contributed by atoms with E-state index in [-0.39, 0.29) is 18.4 Å². The van der Waals surface area contributed by atoms with Gasteiger partial charge >= 0.3 is 5.97 Å². The molecule has 0 heterocycles. The maximum Gasteiger partial charge on any atom is 0.326 e. The van der Waals surface area contributed by atoms with E-state index < -0.39 is 23.8 Å². The lowest BCUT2D eigenvalue weighted by Gasteiger charge is -2.14. The molecule has 1 atom stereocenters. The Bertz CT molecular complexity index is 542. The van der Waals surface area contributed by atoms with Crippen molar-refractivity contribution in [3.63, 3.8) is 0 Å². The molecule has 7 heteroatoms. The number of hydrogen-bond acceptors (Lipinski definition) is 4. The van der Waals surface area contributed by atoms with Crippen molar-refractivity contribution in [1.82, 2.24) is 5.32 Å². The molecule has 0 radical (unpaired) electrons. The van der Waals surface area contributed by atoms with E-state index in [0.717, 1.165) is 5.56 Å². The summed E-state index contributed by atoms with van der Waals surface area (Å²) in [6.07, 6.45) is -0.176. The van der Waals surface area contributed by atoms with Gasteiger partial charge in [-0.05, 0) is 31.0 Å². The Labute approximate surface area is 115 Å². The minimum atomic E-state index is -1.22. The first-order valence-corrected chi connectivity index (χ1v) is 5.99. The molecule has 0 saturated heterocycles. The lowest BCUT2D eigenvalue weighted by molar-refractivity contribution is -0.139. The molecule has 0 aliphatic carbocycles. The zero-order valence-corrected chi connectivity index (χ0v) is 11.1. The molecule has 20 heavy (non-hydrogen) atoms. The van der Waals surface area contributed by atoms with Crippen LogP contribution in [-0.4, -0.2) is 28.9 Å². The van der Waals surface area contributed by atoms with Gasteiger partial charge in [0.05, 0.1) is 0 Å². The summed E-state index contributed by atoms with van der Waals surface area (Å²) in [5.74, 6) is -2.40. The number of rotatable bonds is 6. The number of carbonyl (C=O) groups excluding carboxylic acids is 2. The molecular weight excluding hydrogens is 262 g/mol. The quantitative estimate of drug-likeness (QED) is 0.544. The number of carbonyl (C=O) groups is 3.